The van der Waals surface area contributed by atoms with Gasteiger partial charge in [-0.3, -0.25) is 4.79 Å². The van der Waals surface area contributed by atoms with Gasteiger partial charge in [-0.2, -0.15) is 0 Å². The minimum Gasteiger partial charge on any atom is -0.324 e. The molecule has 70 valence electrons. The van der Waals surface area contributed by atoms with E-state index in [1.165, 1.54) is 6.07 Å². The van der Waals surface area contributed by atoms with E-state index >= 15 is 0 Å². The second-order valence-electron chi connectivity index (χ2n) is 2.91. The summed E-state index contributed by atoms with van der Waals surface area (Å²) < 4.78 is 13.1. The molecule has 0 aliphatic heterocycles. The molecule has 1 unspecified atom stereocenters. The van der Waals surface area contributed by atoms with E-state index in [0.29, 0.717) is 5.56 Å². The van der Waals surface area contributed by atoms with Crippen LogP contribution in [-0.2, 0) is 4.79 Å². The number of rotatable bonds is 3. The summed E-state index contributed by atoms with van der Waals surface area (Å²) in [5.74, 6) is -0.951. The SMILES string of the molecule is CC(C(=O)CN)c1ccccc1F. The first kappa shape index (κ1) is 9.86. The number of nitrogens with two attached hydrogens (primary N) is 1. The van der Waals surface area contributed by atoms with Crippen LogP contribution >= 0.6 is 0 Å². The van der Waals surface area contributed by atoms with Crippen molar-refractivity contribution in [3.8, 4) is 0 Å². The molecule has 0 aliphatic carbocycles. The lowest BCUT2D eigenvalue weighted by molar-refractivity contribution is -0.118. The molecule has 2 N–H and O–H groups in total. The van der Waals surface area contributed by atoms with Gasteiger partial charge in [-0.15, -0.1) is 0 Å². The van der Waals surface area contributed by atoms with Gasteiger partial charge < -0.3 is 5.73 Å². The van der Waals surface area contributed by atoms with E-state index in [1.807, 2.05) is 0 Å². The van der Waals surface area contributed by atoms with Crippen molar-refractivity contribution in [1.29, 1.82) is 0 Å². The monoisotopic (exact) mass is 181 g/mol. The molecule has 0 saturated carbocycles. The van der Waals surface area contributed by atoms with E-state index in [4.69, 9.17) is 5.73 Å². The van der Waals surface area contributed by atoms with E-state index in [1.54, 1.807) is 25.1 Å². The Bertz CT molecular complexity index is 312. The summed E-state index contributed by atoms with van der Waals surface area (Å²) >= 11 is 0. The molecule has 1 rings (SSSR count). The van der Waals surface area contributed by atoms with Crippen molar-refractivity contribution >= 4 is 5.78 Å². The van der Waals surface area contributed by atoms with Gasteiger partial charge in [0.25, 0.3) is 0 Å². The van der Waals surface area contributed by atoms with Gasteiger partial charge in [-0.1, -0.05) is 25.1 Å². The maximum Gasteiger partial charge on any atom is 0.153 e. The lowest BCUT2D eigenvalue weighted by Crippen LogP contribution is -2.20. The molecular formula is C10H12FNO. The van der Waals surface area contributed by atoms with E-state index in [9.17, 15) is 9.18 Å². The fourth-order valence-corrected chi connectivity index (χ4v) is 1.18. The van der Waals surface area contributed by atoms with Crippen molar-refractivity contribution in [2.24, 2.45) is 5.73 Å². The van der Waals surface area contributed by atoms with Crippen LogP contribution in [0.4, 0.5) is 4.39 Å². The van der Waals surface area contributed by atoms with Crippen LogP contribution in [0.5, 0.6) is 0 Å². The Kier molecular flexibility index (Phi) is 3.14. The normalized spacial score (nSPS) is 12.5. The summed E-state index contributed by atoms with van der Waals surface area (Å²) in [4.78, 5) is 11.2. The van der Waals surface area contributed by atoms with E-state index in [-0.39, 0.29) is 18.1 Å². The molecule has 0 fully saturated rings. The molecule has 13 heavy (non-hydrogen) atoms. The first-order chi connectivity index (χ1) is 6.16. The van der Waals surface area contributed by atoms with Crippen LogP contribution in [0.3, 0.4) is 0 Å². The van der Waals surface area contributed by atoms with Crippen molar-refractivity contribution < 1.29 is 9.18 Å². The third-order valence-corrected chi connectivity index (χ3v) is 2.06. The molecule has 0 heterocycles. The van der Waals surface area contributed by atoms with Crippen molar-refractivity contribution in [2.45, 2.75) is 12.8 Å². The van der Waals surface area contributed by atoms with Gasteiger partial charge in [0.15, 0.2) is 5.78 Å². The van der Waals surface area contributed by atoms with Gasteiger partial charge >= 0.3 is 0 Å². The molecule has 0 aliphatic rings. The maximum absolute atomic E-state index is 13.1. The zero-order chi connectivity index (χ0) is 9.84. The maximum atomic E-state index is 13.1. The fraction of sp³-hybridized carbons (Fsp3) is 0.300. The predicted molar refractivity (Wildman–Crippen MR) is 48.9 cm³/mol. The number of Topliss-reactive ketones (excluding diaryl/α,β-unsaturated/α-hetero) is 1. The molecule has 2 nitrogen and oxygen atoms in total. The molecule has 1 atom stereocenters. The van der Waals surface area contributed by atoms with Gasteiger partial charge in [-0.05, 0) is 11.6 Å². The van der Waals surface area contributed by atoms with Crippen LogP contribution in [0.15, 0.2) is 24.3 Å². The van der Waals surface area contributed by atoms with Gasteiger partial charge in [-0.25, -0.2) is 4.39 Å². The van der Waals surface area contributed by atoms with Gasteiger partial charge in [0, 0.05) is 5.92 Å². The highest BCUT2D eigenvalue weighted by molar-refractivity contribution is 5.86. The highest BCUT2D eigenvalue weighted by atomic mass is 19.1. The largest absolute Gasteiger partial charge is 0.324 e. The Labute approximate surface area is 76.6 Å². The van der Waals surface area contributed by atoms with Gasteiger partial charge in [0.1, 0.15) is 5.82 Å². The van der Waals surface area contributed by atoms with Crippen LogP contribution in [0.25, 0.3) is 0 Å². The third kappa shape index (κ3) is 2.12. The first-order valence-corrected chi connectivity index (χ1v) is 4.14. The van der Waals surface area contributed by atoms with E-state index in [2.05, 4.69) is 0 Å². The average Bonchev–Trinajstić information content (AvgIpc) is 2.16. The summed E-state index contributed by atoms with van der Waals surface area (Å²) in [7, 11) is 0. The van der Waals surface area contributed by atoms with Crippen molar-refractivity contribution in [1.82, 2.24) is 0 Å². The third-order valence-electron chi connectivity index (χ3n) is 2.06. The average molecular weight is 181 g/mol. The minimum absolute atomic E-state index is 0.0461. The van der Waals surface area contributed by atoms with Gasteiger partial charge in [0.2, 0.25) is 0 Å². The number of carbonyl (C=O) groups is 1. The second kappa shape index (κ2) is 4.14. The lowest BCUT2D eigenvalue weighted by Gasteiger charge is -2.09. The molecule has 0 saturated heterocycles. The summed E-state index contributed by atoms with van der Waals surface area (Å²) in [5, 5.41) is 0. The van der Waals surface area contributed by atoms with Crippen molar-refractivity contribution in [3.63, 3.8) is 0 Å². The molecule has 0 spiro atoms. The Morgan fingerprint density at radius 2 is 2.15 bits per heavy atom. The number of halogens is 1. The first-order valence-electron chi connectivity index (χ1n) is 4.14. The predicted octanol–water partition coefficient (Wildman–Crippen LogP) is 1.46. The zero-order valence-corrected chi connectivity index (χ0v) is 7.46. The highest BCUT2D eigenvalue weighted by Crippen LogP contribution is 2.18. The number of carbonyl (C=O) groups excluding carboxylic acids is 1. The van der Waals surface area contributed by atoms with Crippen LogP contribution < -0.4 is 5.73 Å². The molecule has 0 radical (unpaired) electrons. The van der Waals surface area contributed by atoms with E-state index in [0.717, 1.165) is 0 Å². The summed E-state index contributed by atoms with van der Waals surface area (Å²) in [6, 6.07) is 6.25. The van der Waals surface area contributed by atoms with Crippen molar-refractivity contribution in [2.75, 3.05) is 6.54 Å². The molecular weight excluding hydrogens is 169 g/mol. The van der Waals surface area contributed by atoms with Crippen LogP contribution in [0.1, 0.15) is 18.4 Å². The molecule has 0 aromatic heterocycles. The smallest absolute Gasteiger partial charge is 0.153 e. The number of hydrogen-bond donors (Lipinski definition) is 1. The second-order valence-corrected chi connectivity index (χ2v) is 2.91. The quantitative estimate of drug-likeness (QED) is 0.767. The van der Waals surface area contributed by atoms with Crippen LogP contribution in [0.2, 0.25) is 0 Å². The molecule has 1 aromatic carbocycles. The Morgan fingerprint density at radius 1 is 1.54 bits per heavy atom. The minimum atomic E-state index is -0.453. The van der Waals surface area contributed by atoms with Crippen LogP contribution in [-0.4, -0.2) is 12.3 Å². The van der Waals surface area contributed by atoms with Crippen molar-refractivity contribution in [3.05, 3.63) is 35.6 Å². The fourth-order valence-electron chi connectivity index (χ4n) is 1.18. The van der Waals surface area contributed by atoms with Gasteiger partial charge in [0.05, 0.1) is 6.54 Å². The Balaban J connectivity index is 2.95. The lowest BCUT2D eigenvalue weighted by atomic mass is 9.96. The topological polar surface area (TPSA) is 43.1 Å². The summed E-state index contributed by atoms with van der Waals surface area (Å²) in [6.07, 6.45) is 0. The molecule has 1 aromatic rings. The summed E-state index contributed by atoms with van der Waals surface area (Å²) in [6.45, 7) is 1.61. The number of ketones is 1. The molecule has 0 bridgehead atoms. The summed E-state index contributed by atoms with van der Waals surface area (Å²) in [5.41, 5.74) is 5.60. The molecule has 0 amide bonds. The number of hydrogen-bond acceptors (Lipinski definition) is 2. The highest BCUT2D eigenvalue weighted by Gasteiger charge is 2.16. The molecule has 3 heteroatoms. The Morgan fingerprint density at radius 3 is 2.69 bits per heavy atom. The Hall–Kier alpha value is -1.22. The zero-order valence-electron chi connectivity index (χ0n) is 7.46. The van der Waals surface area contributed by atoms with E-state index < -0.39 is 5.92 Å². The standard InChI is InChI=1S/C10H12FNO/c1-7(10(13)6-12)8-4-2-3-5-9(8)11/h2-5,7H,6,12H2,1H3. The number of benzene rings is 1. The van der Waals surface area contributed by atoms with Crippen LogP contribution in [0, 0.1) is 5.82 Å².